The minimum Gasteiger partial charge on any atom is -0.492 e. The molecule has 25 heavy (non-hydrogen) atoms. The molecule has 0 unspecified atom stereocenters. The van der Waals surface area contributed by atoms with Gasteiger partial charge >= 0.3 is 0 Å². The number of hydrogen-bond acceptors (Lipinski definition) is 4. The van der Waals surface area contributed by atoms with Crippen LogP contribution >= 0.6 is 0 Å². The van der Waals surface area contributed by atoms with Crippen molar-refractivity contribution < 1.29 is 18.7 Å². The second kappa shape index (κ2) is 6.16. The fourth-order valence-electron chi connectivity index (χ4n) is 3.09. The first kappa shape index (κ1) is 15.6. The zero-order chi connectivity index (χ0) is 17.4. The van der Waals surface area contributed by atoms with Gasteiger partial charge in [0.1, 0.15) is 23.2 Å². The number of fused-ring (bicyclic) bond motifs is 2. The van der Waals surface area contributed by atoms with Gasteiger partial charge in [0.25, 0.3) is 5.91 Å². The number of ether oxygens (including phenoxy) is 2. The standard InChI is InChI=1S/C20H19NO4/c1-3-23-18-10-14-8-12(2)24-17(14)11-15(18)21-20(22)19-9-13-6-4-5-7-16(13)25-19/h4-7,9-12H,3,8H2,1-2H3,(H,21,22)/t12-/m0/s1. The van der Waals surface area contributed by atoms with Crippen molar-refractivity contribution in [2.75, 3.05) is 11.9 Å². The van der Waals surface area contributed by atoms with Crippen molar-refractivity contribution in [2.24, 2.45) is 0 Å². The minimum atomic E-state index is -0.317. The van der Waals surface area contributed by atoms with Gasteiger partial charge in [0.05, 0.1) is 12.3 Å². The van der Waals surface area contributed by atoms with Crippen molar-refractivity contribution in [1.29, 1.82) is 0 Å². The third-order valence-corrected chi connectivity index (χ3v) is 4.20. The fraction of sp³-hybridized carbons (Fsp3) is 0.250. The van der Waals surface area contributed by atoms with E-state index in [-0.39, 0.29) is 17.8 Å². The number of benzene rings is 2. The van der Waals surface area contributed by atoms with Gasteiger partial charge in [-0.2, -0.15) is 0 Å². The Morgan fingerprint density at radius 2 is 2.12 bits per heavy atom. The van der Waals surface area contributed by atoms with E-state index < -0.39 is 0 Å². The molecule has 5 nitrogen and oxygen atoms in total. The topological polar surface area (TPSA) is 60.7 Å². The lowest BCUT2D eigenvalue weighted by molar-refractivity contribution is 0.0998. The van der Waals surface area contributed by atoms with Crippen LogP contribution in [0.4, 0.5) is 5.69 Å². The monoisotopic (exact) mass is 337 g/mol. The summed E-state index contributed by atoms with van der Waals surface area (Å²) in [5.41, 5.74) is 2.36. The average molecular weight is 337 g/mol. The maximum atomic E-state index is 12.6. The van der Waals surface area contributed by atoms with E-state index in [1.165, 1.54) is 0 Å². The molecule has 1 aliphatic rings. The van der Waals surface area contributed by atoms with Crippen LogP contribution in [0, 0.1) is 0 Å². The molecule has 0 radical (unpaired) electrons. The summed E-state index contributed by atoms with van der Waals surface area (Å²) in [7, 11) is 0. The van der Waals surface area contributed by atoms with E-state index in [1.807, 2.05) is 50.2 Å². The van der Waals surface area contributed by atoms with Gasteiger partial charge in [-0.1, -0.05) is 18.2 Å². The van der Waals surface area contributed by atoms with Crippen LogP contribution in [0.2, 0.25) is 0 Å². The van der Waals surface area contributed by atoms with Gasteiger partial charge in [-0.05, 0) is 32.0 Å². The molecule has 0 saturated heterocycles. The lowest BCUT2D eigenvalue weighted by Crippen LogP contribution is -2.12. The molecule has 1 aromatic heterocycles. The molecule has 2 heterocycles. The average Bonchev–Trinajstić information content (AvgIpc) is 3.17. The molecule has 0 saturated carbocycles. The second-order valence-electron chi connectivity index (χ2n) is 6.12. The predicted molar refractivity (Wildman–Crippen MR) is 95.6 cm³/mol. The number of carbonyl (C=O) groups is 1. The summed E-state index contributed by atoms with van der Waals surface area (Å²) in [6.07, 6.45) is 0.971. The highest BCUT2D eigenvalue weighted by Gasteiger charge is 2.23. The van der Waals surface area contributed by atoms with Gasteiger partial charge in [0.2, 0.25) is 0 Å². The Bertz CT molecular complexity index is 911. The van der Waals surface area contributed by atoms with Crippen LogP contribution in [0.5, 0.6) is 11.5 Å². The largest absolute Gasteiger partial charge is 0.492 e. The van der Waals surface area contributed by atoms with E-state index in [0.29, 0.717) is 23.6 Å². The molecule has 1 atom stereocenters. The lowest BCUT2D eigenvalue weighted by atomic mass is 10.1. The van der Waals surface area contributed by atoms with E-state index in [0.717, 1.165) is 23.1 Å². The molecule has 128 valence electrons. The Morgan fingerprint density at radius 1 is 1.28 bits per heavy atom. The summed E-state index contributed by atoms with van der Waals surface area (Å²) in [5.74, 6) is 1.38. The van der Waals surface area contributed by atoms with Crippen LogP contribution in [0.3, 0.4) is 0 Å². The maximum Gasteiger partial charge on any atom is 0.291 e. The third-order valence-electron chi connectivity index (χ3n) is 4.20. The van der Waals surface area contributed by atoms with Crippen LogP contribution in [0.1, 0.15) is 30.0 Å². The van der Waals surface area contributed by atoms with E-state index in [1.54, 1.807) is 6.07 Å². The van der Waals surface area contributed by atoms with Crippen molar-refractivity contribution >= 4 is 22.6 Å². The quantitative estimate of drug-likeness (QED) is 0.766. The molecule has 2 aromatic carbocycles. The number of furan rings is 1. The predicted octanol–water partition coefficient (Wildman–Crippen LogP) is 4.41. The number of para-hydroxylation sites is 1. The summed E-state index contributed by atoms with van der Waals surface area (Å²) >= 11 is 0. The summed E-state index contributed by atoms with van der Waals surface area (Å²) in [6, 6.07) is 13.0. The van der Waals surface area contributed by atoms with Gasteiger partial charge in [-0.25, -0.2) is 0 Å². The zero-order valence-electron chi connectivity index (χ0n) is 14.2. The molecule has 0 aliphatic carbocycles. The SMILES string of the molecule is CCOc1cc2c(cc1NC(=O)c1cc3ccccc3o1)O[C@@H](C)C2. The maximum absolute atomic E-state index is 12.6. The highest BCUT2D eigenvalue weighted by molar-refractivity contribution is 6.05. The van der Waals surface area contributed by atoms with Crippen LogP contribution in [-0.4, -0.2) is 18.6 Å². The van der Waals surface area contributed by atoms with Crippen LogP contribution in [0.25, 0.3) is 11.0 Å². The lowest BCUT2D eigenvalue weighted by Gasteiger charge is -2.13. The molecule has 0 fully saturated rings. The molecule has 1 aliphatic heterocycles. The molecule has 1 amide bonds. The molecule has 3 aromatic rings. The minimum absolute atomic E-state index is 0.130. The van der Waals surface area contributed by atoms with Crippen LogP contribution in [0.15, 0.2) is 46.9 Å². The summed E-state index contributed by atoms with van der Waals surface area (Å²) < 4.78 is 17.1. The molecular weight excluding hydrogens is 318 g/mol. The third kappa shape index (κ3) is 2.93. The molecule has 0 bridgehead atoms. The summed E-state index contributed by atoms with van der Waals surface area (Å²) in [6.45, 7) is 4.45. The van der Waals surface area contributed by atoms with Gasteiger partial charge in [0, 0.05) is 23.4 Å². The van der Waals surface area contributed by atoms with Crippen molar-refractivity contribution in [2.45, 2.75) is 26.4 Å². The Balaban J connectivity index is 1.65. The summed E-state index contributed by atoms with van der Waals surface area (Å²) in [4.78, 5) is 12.6. The normalized spacial score (nSPS) is 15.7. The Hall–Kier alpha value is -2.95. The molecule has 5 heteroatoms. The van der Waals surface area contributed by atoms with E-state index in [4.69, 9.17) is 13.9 Å². The van der Waals surface area contributed by atoms with Crippen molar-refractivity contribution in [3.8, 4) is 11.5 Å². The first-order valence-corrected chi connectivity index (χ1v) is 8.40. The van der Waals surface area contributed by atoms with Crippen LogP contribution < -0.4 is 14.8 Å². The Kier molecular flexibility index (Phi) is 3.84. The number of nitrogens with one attached hydrogen (secondary N) is 1. The first-order chi connectivity index (χ1) is 12.1. The fourth-order valence-corrected chi connectivity index (χ4v) is 3.09. The Morgan fingerprint density at radius 3 is 2.92 bits per heavy atom. The molecule has 4 rings (SSSR count). The Labute approximate surface area is 145 Å². The number of anilines is 1. The van der Waals surface area contributed by atoms with Gasteiger partial charge < -0.3 is 19.2 Å². The van der Waals surface area contributed by atoms with E-state index >= 15 is 0 Å². The zero-order valence-corrected chi connectivity index (χ0v) is 14.2. The van der Waals surface area contributed by atoms with Crippen molar-refractivity contribution in [3.05, 3.63) is 53.8 Å². The smallest absolute Gasteiger partial charge is 0.291 e. The van der Waals surface area contributed by atoms with Gasteiger partial charge in [-0.3, -0.25) is 4.79 Å². The second-order valence-corrected chi connectivity index (χ2v) is 6.12. The highest BCUT2D eigenvalue weighted by Crippen LogP contribution is 2.38. The van der Waals surface area contributed by atoms with Gasteiger partial charge in [-0.15, -0.1) is 0 Å². The van der Waals surface area contributed by atoms with Gasteiger partial charge in [0.15, 0.2) is 5.76 Å². The van der Waals surface area contributed by atoms with Crippen LogP contribution in [-0.2, 0) is 6.42 Å². The van der Waals surface area contributed by atoms with E-state index in [9.17, 15) is 4.79 Å². The van der Waals surface area contributed by atoms with Crippen molar-refractivity contribution in [3.63, 3.8) is 0 Å². The number of carbonyl (C=O) groups excluding carboxylic acids is 1. The number of hydrogen-bond donors (Lipinski definition) is 1. The van der Waals surface area contributed by atoms with Crippen molar-refractivity contribution in [1.82, 2.24) is 0 Å². The first-order valence-electron chi connectivity index (χ1n) is 8.40. The molecular formula is C20H19NO4. The molecule has 1 N–H and O–H groups in total. The number of amides is 1. The number of rotatable bonds is 4. The van der Waals surface area contributed by atoms with E-state index in [2.05, 4.69) is 5.32 Å². The molecule has 0 spiro atoms. The highest BCUT2D eigenvalue weighted by atomic mass is 16.5. The summed E-state index contributed by atoms with van der Waals surface area (Å²) in [5, 5.41) is 3.77.